The average molecular weight is 400 g/mol. The van der Waals surface area contributed by atoms with Gasteiger partial charge in [-0.1, -0.05) is 18.2 Å². The maximum absolute atomic E-state index is 12.7. The van der Waals surface area contributed by atoms with Gasteiger partial charge in [-0.3, -0.25) is 19.0 Å². The average Bonchev–Trinajstić information content (AvgIpc) is 2.86. The Bertz CT molecular complexity index is 1180. The maximum atomic E-state index is 12.7. The van der Waals surface area contributed by atoms with Crippen molar-refractivity contribution in [3.05, 3.63) is 70.6 Å². The van der Waals surface area contributed by atoms with Gasteiger partial charge >= 0.3 is 0 Å². The number of anilines is 3. The number of carbonyl (C=O) groups is 1. The molecule has 3 aromatic rings. The van der Waals surface area contributed by atoms with Crippen molar-refractivity contribution >= 4 is 33.0 Å². The van der Waals surface area contributed by atoms with Crippen LogP contribution in [0.15, 0.2) is 64.3 Å². The van der Waals surface area contributed by atoms with Crippen molar-refractivity contribution in [3.8, 4) is 0 Å². The number of hydrogen-bond donors (Lipinski definition) is 2. The molecule has 0 aliphatic carbocycles. The molecule has 0 saturated carbocycles. The molecule has 9 heteroatoms. The van der Waals surface area contributed by atoms with Crippen LogP contribution in [0.2, 0.25) is 0 Å². The van der Waals surface area contributed by atoms with Gasteiger partial charge in [-0.05, 0) is 43.3 Å². The number of nitrogens with one attached hydrogen (secondary N) is 2. The molecule has 2 N–H and O–H groups in total. The van der Waals surface area contributed by atoms with Crippen molar-refractivity contribution in [1.29, 1.82) is 0 Å². The fourth-order valence-electron chi connectivity index (χ4n) is 2.78. The third-order valence-corrected chi connectivity index (χ3v) is 5.68. The Morgan fingerprint density at radius 3 is 2.07 bits per heavy atom. The van der Waals surface area contributed by atoms with E-state index in [0.29, 0.717) is 5.69 Å². The van der Waals surface area contributed by atoms with Gasteiger partial charge in [0.25, 0.3) is 15.6 Å². The van der Waals surface area contributed by atoms with Crippen molar-refractivity contribution in [2.75, 3.05) is 10.0 Å². The largest absolute Gasteiger partial charge is 0.356 e. The molecule has 0 unspecified atom stereocenters. The summed E-state index contributed by atoms with van der Waals surface area (Å²) in [5.74, 6) is -0.502. The highest BCUT2D eigenvalue weighted by molar-refractivity contribution is 7.92. The van der Waals surface area contributed by atoms with Gasteiger partial charge in [-0.15, -0.1) is 0 Å². The molecule has 1 heterocycles. The van der Waals surface area contributed by atoms with E-state index in [0.717, 1.165) is 16.1 Å². The van der Waals surface area contributed by atoms with Crippen molar-refractivity contribution < 1.29 is 13.2 Å². The predicted octanol–water partition coefficient (Wildman–Crippen LogP) is 2.70. The molecule has 0 amide bonds. The van der Waals surface area contributed by atoms with E-state index in [1.54, 1.807) is 19.1 Å². The van der Waals surface area contributed by atoms with Crippen LogP contribution in [0.4, 0.5) is 17.1 Å². The zero-order valence-corrected chi connectivity index (χ0v) is 16.4. The van der Waals surface area contributed by atoms with Gasteiger partial charge < -0.3 is 5.32 Å². The molecular formula is C19H20N4O4S. The first-order valence-corrected chi connectivity index (χ1v) is 9.93. The first-order valence-electron chi connectivity index (χ1n) is 8.45. The molecule has 146 valence electrons. The third kappa shape index (κ3) is 3.70. The molecule has 0 atom stereocenters. The normalized spacial score (nSPS) is 11.2. The van der Waals surface area contributed by atoms with E-state index < -0.39 is 21.5 Å². The molecular weight excluding hydrogens is 380 g/mol. The lowest BCUT2D eigenvalue weighted by Crippen LogP contribution is -2.28. The minimum atomic E-state index is -3.99. The van der Waals surface area contributed by atoms with Crippen molar-refractivity contribution in [2.45, 2.75) is 18.7 Å². The topological polar surface area (TPSA) is 102 Å². The lowest BCUT2D eigenvalue weighted by Gasteiger charge is -2.09. The van der Waals surface area contributed by atoms with Crippen molar-refractivity contribution in [1.82, 2.24) is 9.36 Å². The predicted molar refractivity (Wildman–Crippen MR) is 108 cm³/mol. The summed E-state index contributed by atoms with van der Waals surface area (Å²) in [6, 6.07) is 15.6. The number of nitrogens with zero attached hydrogens (tertiary/aromatic N) is 2. The molecule has 0 aliphatic heterocycles. The minimum Gasteiger partial charge on any atom is -0.356 e. The Hall–Kier alpha value is -3.33. The van der Waals surface area contributed by atoms with Gasteiger partial charge in [-0.2, -0.15) is 4.68 Å². The third-order valence-electron chi connectivity index (χ3n) is 4.32. The number of rotatable bonds is 5. The fourth-order valence-corrected chi connectivity index (χ4v) is 3.90. The molecule has 0 aliphatic rings. The number of sulfonamides is 1. The van der Waals surface area contributed by atoms with Gasteiger partial charge in [0.1, 0.15) is 5.69 Å². The lowest BCUT2D eigenvalue weighted by atomic mass is 10.3. The minimum absolute atomic E-state index is 0.00291. The molecule has 0 fully saturated rings. The Morgan fingerprint density at radius 1 is 0.964 bits per heavy atom. The number of carbonyl (C=O) groups excluding carboxylic acids is 1. The molecule has 28 heavy (non-hydrogen) atoms. The van der Waals surface area contributed by atoms with Crippen LogP contribution in [-0.2, 0) is 17.1 Å². The quantitative estimate of drug-likeness (QED) is 0.686. The highest BCUT2D eigenvalue weighted by Gasteiger charge is 2.23. The second kappa shape index (κ2) is 7.35. The summed E-state index contributed by atoms with van der Waals surface area (Å²) in [6.07, 6.45) is 0. The van der Waals surface area contributed by atoms with E-state index in [1.165, 1.54) is 30.8 Å². The van der Waals surface area contributed by atoms with Crippen molar-refractivity contribution in [3.63, 3.8) is 0 Å². The molecule has 0 spiro atoms. The molecule has 3 rings (SSSR count). The monoisotopic (exact) mass is 400 g/mol. The number of aromatic nitrogens is 2. The maximum Gasteiger partial charge on any atom is 0.298 e. The van der Waals surface area contributed by atoms with Crippen LogP contribution < -0.4 is 15.6 Å². The molecule has 2 aromatic carbocycles. The summed E-state index contributed by atoms with van der Waals surface area (Å²) in [5, 5.41) is 3.16. The van der Waals surface area contributed by atoms with Gasteiger partial charge in [0, 0.05) is 25.3 Å². The van der Waals surface area contributed by atoms with E-state index in [9.17, 15) is 18.0 Å². The molecule has 0 radical (unpaired) electrons. The summed E-state index contributed by atoms with van der Waals surface area (Å²) >= 11 is 0. The summed E-state index contributed by atoms with van der Waals surface area (Å²) in [6.45, 7) is 2.79. The summed E-state index contributed by atoms with van der Waals surface area (Å²) in [4.78, 5) is 24.0. The summed E-state index contributed by atoms with van der Waals surface area (Å²) in [7, 11) is -2.48. The van der Waals surface area contributed by atoms with Crippen LogP contribution in [0.1, 0.15) is 17.4 Å². The van der Waals surface area contributed by atoms with E-state index in [1.807, 2.05) is 30.3 Å². The molecule has 0 saturated heterocycles. The molecule has 0 bridgehead atoms. The molecule has 8 nitrogen and oxygen atoms in total. The van der Waals surface area contributed by atoms with Crippen LogP contribution in [0.3, 0.4) is 0 Å². The molecule has 1 aromatic heterocycles. The zero-order valence-electron chi connectivity index (χ0n) is 15.6. The second-order valence-corrected chi connectivity index (χ2v) is 7.92. The number of benzene rings is 2. The number of para-hydroxylation sites is 1. The first-order chi connectivity index (χ1) is 13.2. The fraction of sp³-hybridized carbons (Fsp3) is 0.158. The van der Waals surface area contributed by atoms with Crippen LogP contribution in [0.5, 0.6) is 0 Å². The Kier molecular flexibility index (Phi) is 5.10. The van der Waals surface area contributed by atoms with Crippen molar-refractivity contribution in [2.24, 2.45) is 7.05 Å². The van der Waals surface area contributed by atoms with Gasteiger partial charge in [-0.25, -0.2) is 8.42 Å². The number of hydrogen-bond acceptors (Lipinski definition) is 5. The van der Waals surface area contributed by atoms with Gasteiger partial charge in [0.2, 0.25) is 5.91 Å². The van der Waals surface area contributed by atoms with Crippen LogP contribution in [0, 0.1) is 6.92 Å². The van der Waals surface area contributed by atoms with Gasteiger partial charge in [0.15, 0.2) is 0 Å². The smallest absolute Gasteiger partial charge is 0.298 e. The van der Waals surface area contributed by atoms with E-state index in [2.05, 4.69) is 10.0 Å². The summed E-state index contributed by atoms with van der Waals surface area (Å²) < 4.78 is 29.9. The SMILES string of the molecule is CC(=O)n1c(=O)c(NS(=O)(=O)c2ccc(Nc3ccccc3)cc2)c(C)n1C. The standard InChI is InChI=1S/C19H20N4O4S/c1-13-18(19(25)23(14(2)24)22(13)3)21-28(26,27)17-11-9-16(10-12-17)20-15-7-5-4-6-8-15/h4-12,20-21H,1-3H3. The Labute approximate surface area is 162 Å². The first kappa shape index (κ1) is 19.4. The van der Waals surface area contributed by atoms with E-state index >= 15 is 0 Å². The highest BCUT2D eigenvalue weighted by Crippen LogP contribution is 2.21. The van der Waals surface area contributed by atoms with E-state index in [-0.39, 0.29) is 10.6 Å². The van der Waals surface area contributed by atoms with Crippen LogP contribution in [-0.4, -0.2) is 23.7 Å². The Morgan fingerprint density at radius 2 is 1.54 bits per heavy atom. The highest BCUT2D eigenvalue weighted by atomic mass is 32.2. The summed E-state index contributed by atoms with van der Waals surface area (Å²) in [5.41, 5.74) is 1.08. The van der Waals surface area contributed by atoms with Crippen LogP contribution in [0.25, 0.3) is 0 Å². The van der Waals surface area contributed by atoms with Crippen LogP contribution >= 0.6 is 0 Å². The zero-order chi connectivity index (χ0) is 20.5. The van der Waals surface area contributed by atoms with E-state index in [4.69, 9.17) is 0 Å². The lowest BCUT2D eigenvalue weighted by molar-refractivity contribution is 0.0902. The van der Waals surface area contributed by atoms with Gasteiger partial charge in [0.05, 0.1) is 10.6 Å². The Balaban J connectivity index is 1.87. The second-order valence-electron chi connectivity index (χ2n) is 6.24.